The molecule has 132 valence electrons. The lowest BCUT2D eigenvalue weighted by Crippen LogP contribution is -2.48. The SMILES string of the molecule is CC(C)(C)OC(=O)N1CCCC(C(=O)N2CCc3sccc3C2)C1. The van der Waals surface area contributed by atoms with E-state index in [1.165, 1.54) is 10.4 Å². The van der Waals surface area contributed by atoms with E-state index >= 15 is 0 Å². The lowest BCUT2D eigenvalue weighted by Gasteiger charge is -2.36. The van der Waals surface area contributed by atoms with Crippen LogP contribution in [0.3, 0.4) is 0 Å². The molecule has 2 aliphatic heterocycles. The Balaban J connectivity index is 1.60. The van der Waals surface area contributed by atoms with Crippen LogP contribution in [0.15, 0.2) is 11.4 Å². The van der Waals surface area contributed by atoms with E-state index in [1.807, 2.05) is 25.7 Å². The number of hydrogen-bond donors (Lipinski definition) is 0. The zero-order valence-corrected chi connectivity index (χ0v) is 15.5. The molecule has 1 fully saturated rings. The second kappa shape index (κ2) is 6.75. The van der Waals surface area contributed by atoms with Gasteiger partial charge in [-0.1, -0.05) is 0 Å². The Bertz CT molecular complexity index is 620. The summed E-state index contributed by atoms with van der Waals surface area (Å²) in [6.07, 6.45) is 2.35. The predicted molar refractivity (Wildman–Crippen MR) is 94.0 cm³/mol. The summed E-state index contributed by atoms with van der Waals surface area (Å²) in [7, 11) is 0. The fraction of sp³-hybridized carbons (Fsp3) is 0.667. The van der Waals surface area contributed by atoms with Gasteiger partial charge in [-0.15, -0.1) is 11.3 Å². The molecule has 0 aromatic carbocycles. The van der Waals surface area contributed by atoms with E-state index < -0.39 is 5.60 Å². The van der Waals surface area contributed by atoms with Crippen molar-refractivity contribution in [3.63, 3.8) is 0 Å². The molecular weight excluding hydrogens is 324 g/mol. The Morgan fingerprint density at radius 3 is 2.79 bits per heavy atom. The van der Waals surface area contributed by atoms with Crippen molar-refractivity contribution < 1.29 is 14.3 Å². The number of piperidine rings is 1. The van der Waals surface area contributed by atoms with Crippen molar-refractivity contribution in [1.29, 1.82) is 0 Å². The number of nitrogens with zero attached hydrogens (tertiary/aromatic N) is 2. The maximum atomic E-state index is 12.9. The van der Waals surface area contributed by atoms with Gasteiger partial charge in [0.05, 0.1) is 5.92 Å². The number of ether oxygens (including phenoxy) is 1. The summed E-state index contributed by atoms with van der Waals surface area (Å²) in [5, 5.41) is 2.10. The van der Waals surface area contributed by atoms with E-state index in [4.69, 9.17) is 4.74 Å². The van der Waals surface area contributed by atoms with E-state index in [2.05, 4.69) is 11.4 Å². The molecule has 6 heteroatoms. The lowest BCUT2D eigenvalue weighted by molar-refractivity contribution is -0.138. The van der Waals surface area contributed by atoms with Gasteiger partial charge in [0.1, 0.15) is 5.60 Å². The van der Waals surface area contributed by atoms with E-state index in [9.17, 15) is 9.59 Å². The van der Waals surface area contributed by atoms with Gasteiger partial charge in [-0.2, -0.15) is 0 Å². The summed E-state index contributed by atoms with van der Waals surface area (Å²) >= 11 is 1.78. The molecule has 1 aromatic rings. The number of carbonyl (C=O) groups excluding carboxylic acids is 2. The highest BCUT2D eigenvalue weighted by molar-refractivity contribution is 7.10. The van der Waals surface area contributed by atoms with Crippen LogP contribution in [0.5, 0.6) is 0 Å². The molecular formula is C18H26N2O3S. The van der Waals surface area contributed by atoms with E-state index in [-0.39, 0.29) is 17.9 Å². The molecule has 0 aliphatic carbocycles. The van der Waals surface area contributed by atoms with Gasteiger partial charge in [0.15, 0.2) is 0 Å². The number of thiophene rings is 1. The van der Waals surface area contributed by atoms with E-state index in [0.717, 1.165) is 25.8 Å². The van der Waals surface area contributed by atoms with Crippen LogP contribution < -0.4 is 0 Å². The van der Waals surface area contributed by atoms with Gasteiger partial charge in [-0.3, -0.25) is 4.79 Å². The summed E-state index contributed by atoms with van der Waals surface area (Å²) in [6.45, 7) is 8.24. The highest BCUT2D eigenvalue weighted by atomic mass is 32.1. The number of hydrogen-bond acceptors (Lipinski definition) is 4. The molecule has 2 amide bonds. The summed E-state index contributed by atoms with van der Waals surface area (Å²) < 4.78 is 5.45. The Hall–Kier alpha value is -1.56. The number of amides is 2. The Labute approximate surface area is 147 Å². The minimum atomic E-state index is -0.504. The first kappa shape index (κ1) is 17.3. The molecule has 0 saturated carbocycles. The zero-order valence-electron chi connectivity index (χ0n) is 14.7. The Morgan fingerprint density at radius 1 is 1.25 bits per heavy atom. The largest absolute Gasteiger partial charge is 0.444 e. The second-order valence-corrected chi connectivity index (χ2v) is 8.64. The van der Waals surface area contributed by atoms with Crippen LogP contribution in [0.4, 0.5) is 4.79 Å². The normalized spacial score (nSPS) is 21.4. The van der Waals surface area contributed by atoms with Crippen LogP contribution in [-0.2, 0) is 22.5 Å². The van der Waals surface area contributed by atoms with Crippen LogP contribution >= 0.6 is 11.3 Å². The van der Waals surface area contributed by atoms with Crippen molar-refractivity contribution in [3.05, 3.63) is 21.9 Å². The molecule has 3 heterocycles. The predicted octanol–water partition coefficient (Wildman–Crippen LogP) is 3.28. The maximum Gasteiger partial charge on any atom is 0.410 e. The topological polar surface area (TPSA) is 49.9 Å². The fourth-order valence-electron chi connectivity index (χ4n) is 3.37. The van der Waals surface area contributed by atoms with Crippen molar-refractivity contribution in [3.8, 4) is 0 Å². The fourth-order valence-corrected chi connectivity index (χ4v) is 4.26. The van der Waals surface area contributed by atoms with Crippen molar-refractivity contribution >= 4 is 23.3 Å². The Morgan fingerprint density at radius 2 is 2.04 bits per heavy atom. The van der Waals surface area contributed by atoms with Gasteiger partial charge in [0.2, 0.25) is 5.91 Å². The summed E-state index contributed by atoms with van der Waals surface area (Å²) in [5.74, 6) is 0.0755. The minimum Gasteiger partial charge on any atom is -0.444 e. The monoisotopic (exact) mass is 350 g/mol. The summed E-state index contributed by atoms with van der Waals surface area (Å²) in [6, 6.07) is 2.12. The number of carbonyl (C=O) groups is 2. The molecule has 1 unspecified atom stereocenters. The lowest BCUT2D eigenvalue weighted by atomic mass is 9.95. The minimum absolute atomic E-state index is 0.105. The van der Waals surface area contributed by atoms with Crippen molar-refractivity contribution in [1.82, 2.24) is 9.80 Å². The molecule has 0 radical (unpaired) electrons. The summed E-state index contributed by atoms with van der Waals surface area (Å²) in [5.41, 5.74) is 0.774. The average molecular weight is 350 g/mol. The van der Waals surface area contributed by atoms with Gasteiger partial charge in [-0.05, 0) is 57.0 Å². The van der Waals surface area contributed by atoms with Crippen LogP contribution in [0.1, 0.15) is 44.1 Å². The molecule has 2 aliphatic rings. The molecule has 1 atom stereocenters. The second-order valence-electron chi connectivity index (χ2n) is 7.64. The zero-order chi connectivity index (χ0) is 17.3. The van der Waals surface area contributed by atoms with Crippen molar-refractivity contribution in [2.24, 2.45) is 5.92 Å². The Kier molecular flexibility index (Phi) is 4.85. The van der Waals surface area contributed by atoms with Crippen molar-refractivity contribution in [2.75, 3.05) is 19.6 Å². The molecule has 0 bridgehead atoms. The van der Waals surface area contributed by atoms with Crippen molar-refractivity contribution in [2.45, 2.75) is 52.2 Å². The van der Waals surface area contributed by atoms with Gasteiger partial charge < -0.3 is 14.5 Å². The van der Waals surface area contributed by atoms with E-state index in [1.54, 1.807) is 16.2 Å². The number of fused-ring (bicyclic) bond motifs is 1. The average Bonchev–Trinajstić information content (AvgIpc) is 3.00. The third-order valence-electron chi connectivity index (χ3n) is 4.54. The standard InChI is InChI=1S/C18H26N2O3S/c1-18(2,3)23-17(22)20-8-4-5-14(12-20)16(21)19-9-6-15-13(11-19)7-10-24-15/h7,10,14H,4-6,8-9,11-12H2,1-3H3. The van der Waals surface area contributed by atoms with Gasteiger partial charge in [0, 0.05) is 31.1 Å². The molecule has 0 spiro atoms. The molecule has 5 nitrogen and oxygen atoms in total. The maximum absolute atomic E-state index is 12.9. The van der Waals surface area contributed by atoms with Crippen LogP contribution in [0, 0.1) is 5.92 Å². The highest BCUT2D eigenvalue weighted by Gasteiger charge is 2.34. The third-order valence-corrected chi connectivity index (χ3v) is 5.56. The summed E-state index contributed by atoms with van der Waals surface area (Å²) in [4.78, 5) is 30.2. The smallest absolute Gasteiger partial charge is 0.410 e. The number of rotatable bonds is 1. The first-order valence-electron chi connectivity index (χ1n) is 8.65. The van der Waals surface area contributed by atoms with E-state index in [0.29, 0.717) is 19.6 Å². The molecule has 0 N–H and O–H groups in total. The van der Waals surface area contributed by atoms with Gasteiger partial charge >= 0.3 is 6.09 Å². The third kappa shape index (κ3) is 3.91. The first-order valence-corrected chi connectivity index (χ1v) is 9.53. The van der Waals surface area contributed by atoms with Crippen LogP contribution in [0.2, 0.25) is 0 Å². The molecule has 1 aromatic heterocycles. The highest BCUT2D eigenvalue weighted by Crippen LogP contribution is 2.27. The molecule has 1 saturated heterocycles. The van der Waals surface area contributed by atoms with Crippen LogP contribution in [0.25, 0.3) is 0 Å². The van der Waals surface area contributed by atoms with Gasteiger partial charge in [0.25, 0.3) is 0 Å². The quantitative estimate of drug-likeness (QED) is 0.781. The first-order chi connectivity index (χ1) is 11.3. The molecule has 24 heavy (non-hydrogen) atoms. The number of likely N-dealkylation sites (tertiary alicyclic amines) is 1. The van der Waals surface area contributed by atoms with Crippen LogP contribution in [-0.4, -0.2) is 47.0 Å². The van der Waals surface area contributed by atoms with Gasteiger partial charge in [-0.25, -0.2) is 4.79 Å². The molecule has 3 rings (SSSR count).